The Morgan fingerprint density at radius 1 is 1.08 bits per heavy atom. The molecule has 4 rings (SSSR count). The minimum Gasteiger partial charge on any atom is -0.343 e. The molecule has 2 aromatic heterocycles. The van der Waals surface area contributed by atoms with Crippen molar-refractivity contribution in [3.63, 3.8) is 0 Å². The van der Waals surface area contributed by atoms with Gasteiger partial charge in [-0.25, -0.2) is 4.98 Å². The SMILES string of the molecule is Cl.Cn1nc2c(-c3ccc(Cl)cc3Cl)cccc2c1-c1cnc[nH]1. The molecule has 0 unspecified atom stereocenters. The zero-order valence-electron chi connectivity index (χ0n) is 12.6. The summed E-state index contributed by atoms with van der Waals surface area (Å²) in [6.45, 7) is 0. The van der Waals surface area contributed by atoms with Crippen molar-refractivity contribution >= 4 is 46.5 Å². The average molecular weight is 380 g/mol. The van der Waals surface area contributed by atoms with Crippen molar-refractivity contribution in [2.75, 3.05) is 0 Å². The van der Waals surface area contributed by atoms with Crippen LogP contribution in [0.5, 0.6) is 0 Å². The van der Waals surface area contributed by atoms with Gasteiger partial charge in [-0.1, -0.05) is 47.5 Å². The van der Waals surface area contributed by atoms with Crippen LogP contribution < -0.4 is 0 Å². The molecule has 2 aromatic carbocycles. The lowest BCUT2D eigenvalue weighted by atomic mass is 10.0. The smallest absolute Gasteiger partial charge is 0.101 e. The summed E-state index contributed by atoms with van der Waals surface area (Å²) in [6.07, 6.45) is 3.45. The van der Waals surface area contributed by atoms with E-state index in [1.165, 1.54) is 0 Å². The zero-order valence-corrected chi connectivity index (χ0v) is 15.0. The van der Waals surface area contributed by atoms with Crippen LogP contribution in [0.4, 0.5) is 0 Å². The Morgan fingerprint density at radius 3 is 2.62 bits per heavy atom. The Morgan fingerprint density at radius 2 is 1.92 bits per heavy atom. The number of aryl methyl sites for hydroxylation is 1. The van der Waals surface area contributed by atoms with Gasteiger partial charge in [0.25, 0.3) is 0 Å². The minimum absolute atomic E-state index is 0. The van der Waals surface area contributed by atoms with Crippen LogP contribution in [0.1, 0.15) is 0 Å². The first kappa shape index (κ1) is 16.8. The third-order valence-corrected chi connectivity index (χ3v) is 4.39. The number of imidazole rings is 1. The molecule has 24 heavy (non-hydrogen) atoms. The Hall–Kier alpha value is -2.01. The fraction of sp³-hybridized carbons (Fsp3) is 0.0588. The molecule has 0 atom stereocenters. The molecule has 0 spiro atoms. The van der Waals surface area contributed by atoms with Crippen LogP contribution in [0, 0.1) is 0 Å². The molecule has 0 saturated carbocycles. The molecule has 122 valence electrons. The summed E-state index contributed by atoms with van der Waals surface area (Å²) < 4.78 is 1.85. The van der Waals surface area contributed by atoms with E-state index in [-0.39, 0.29) is 12.4 Å². The summed E-state index contributed by atoms with van der Waals surface area (Å²) >= 11 is 12.4. The lowest BCUT2D eigenvalue weighted by molar-refractivity contribution is 0.786. The number of aromatic nitrogens is 4. The van der Waals surface area contributed by atoms with Crippen molar-refractivity contribution in [3.8, 4) is 22.5 Å². The van der Waals surface area contributed by atoms with Crippen LogP contribution >= 0.6 is 35.6 Å². The fourth-order valence-electron chi connectivity index (χ4n) is 2.85. The number of nitrogens with one attached hydrogen (secondary N) is 1. The van der Waals surface area contributed by atoms with E-state index in [0.717, 1.165) is 33.4 Å². The Balaban J connectivity index is 0.00000169. The number of H-pyrrole nitrogens is 1. The van der Waals surface area contributed by atoms with Gasteiger partial charge in [0.1, 0.15) is 5.52 Å². The maximum atomic E-state index is 6.38. The zero-order chi connectivity index (χ0) is 16.0. The highest BCUT2D eigenvalue weighted by Crippen LogP contribution is 2.37. The van der Waals surface area contributed by atoms with Crippen LogP contribution in [0.3, 0.4) is 0 Å². The fourth-order valence-corrected chi connectivity index (χ4v) is 3.36. The van der Waals surface area contributed by atoms with Gasteiger partial charge in [0.05, 0.1) is 23.9 Å². The molecule has 0 saturated heterocycles. The summed E-state index contributed by atoms with van der Waals surface area (Å²) in [5, 5.41) is 6.95. The molecule has 7 heteroatoms. The van der Waals surface area contributed by atoms with E-state index in [4.69, 9.17) is 23.2 Å². The van der Waals surface area contributed by atoms with Gasteiger partial charge in [-0.2, -0.15) is 5.10 Å². The van der Waals surface area contributed by atoms with Crippen LogP contribution in [-0.4, -0.2) is 19.7 Å². The second-order valence-electron chi connectivity index (χ2n) is 5.26. The average Bonchev–Trinajstić information content (AvgIpc) is 3.13. The van der Waals surface area contributed by atoms with Crippen LogP contribution in [-0.2, 0) is 7.05 Å². The number of fused-ring (bicyclic) bond motifs is 1. The molecule has 1 N–H and O–H groups in total. The molecular weight excluding hydrogens is 367 g/mol. The highest BCUT2D eigenvalue weighted by molar-refractivity contribution is 6.36. The number of nitrogens with zero attached hydrogens (tertiary/aromatic N) is 3. The molecule has 4 aromatic rings. The third kappa shape index (κ3) is 2.67. The highest BCUT2D eigenvalue weighted by Gasteiger charge is 2.16. The molecular formula is C17H13Cl3N4. The van der Waals surface area contributed by atoms with E-state index >= 15 is 0 Å². The molecule has 0 amide bonds. The molecule has 0 bridgehead atoms. The maximum absolute atomic E-state index is 6.38. The van der Waals surface area contributed by atoms with Gasteiger partial charge < -0.3 is 4.98 Å². The van der Waals surface area contributed by atoms with Crippen molar-refractivity contribution in [3.05, 3.63) is 59.0 Å². The van der Waals surface area contributed by atoms with Crippen molar-refractivity contribution < 1.29 is 0 Å². The van der Waals surface area contributed by atoms with E-state index in [9.17, 15) is 0 Å². The Kier molecular flexibility index (Phi) is 4.54. The number of rotatable bonds is 2. The maximum Gasteiger partial charge on any atom is 0.101 e. The Labute approximate surface area is 154 Å². The number of halogens is 3. The second-order valence-corrected chi connectivity index (χ2v) is 6.11. The summed E-state index contributed by atoms with van der Waals surface area (Å²) in [6, 6.07) is 11.6. The lowest BCUT2D eigenvalue weighted by Gasteiger charge is -2.06. The number of hydrogen-bond donors (Lipinski definition) is 1. The summed E-state index contributed by atoms with van der Waals surface area (Å²) in [4.78, 5) is 7.23. The van der Waals surface area contributed by atoms with Crippen molar-refractivity contribution in [1.29, 1.82) is 0 Å². The van der Waals surface area contributed by atoms with E-state index < -0.39 is 0 Å². The number of benzene rings is 2. The first-order valence-corrected chi connectivity index (χ1v) is 7.80. The van der Waals surface area contributed by atoms with Gasteiger partial charge in [0.15, 0.2) is 0 Å². The first-order chi connectivity index (χ1) is 11.1. The van der Waals surface area contributed by atoms with Crippen LogP contribution in [0.25, 0.3) is 33.4 Å². The lowest BCUT2D eigenvalue weighted by Crippen LogP contribution is -1.93. The predicted octanol–water partition coefficient (Wildman–Crippen LogP) is 5.36. The summed E-state index contributed by atoms with van der Waals surface area (Å²) in [5.41, 5.74) is 4.70. The van der Waals surface area contributed by atoms with Gasteiger partial charge in [-0.15, -0.1) is 12.4 Å². The van der Waals surface area contributed by atoms with Gasteiger partial charge in [0.2, 0.25) is 0 Å². The van der Waals surface area contributed by atoms with Gasteiger partial charge in [-0.05, 0) is 12.1 Å². The molecule has 4 nitrogen and oxygen atoms in total. The quantitative estimate of drug-likeness (QED) is 0.509. The first-order valence-electron chi connectivity index (χ1n) is 7.05. The van der Waals surface area contributed by atoms with E-state index in [2.05, 4.69) is 15.1 Å². The number of hydrogen-bond acceptors (Lipinski definition) is 2. The normalized spacial score (nSPS) is 10.8. The summed E-state index contributed by atoms with van der Waals surface area (Å²) in [7, 11) is 1.92. The molecule has 2 heterocycles. The van der Waals surface area contributed by atoms with Crippen molar-refractivity contribution in [2.45, 2.75) is 0 Å². The third-order valence-electron chi connectivity index (χ3n) is 3.84. The summed E-state index contributed by atoms with van der Waals surface area (Å²) in [5.74, 6) is 0. The largest absolute Gasteiger partial charge is 0.343 e. The van der Waals surface area contributed by atoms with Crippen LogP contribution in [0.2, 0.25) is 10.0 Å². The highest BCUT2D eigenvalue weighted by atomic mass is 35.5. The standard InChI is InChI=1S/C17H12Cl2N4.ClH/c1-23-17(15-8-20-9-21-15)13-4-2-3-12(16(13)22-23)11-6-5-10(18)7-14(11)19;/h2-9H,1H3,(H,20,21);1H. The number of aromatic amines is 1. The molecule has 0 aliphatic rings. The van der Waals surface area contributed by atoms with Gasteiger partial charge in [0, 0.05) is 33.6 Å². The van der Waals surface area contributed by atoms with Gasteiger partial charge >= 0.3 is 0 Å². The molecule has 0 radical (unpaired) electrons. The van der Waals surface area contributed by atoms with E-state index in [0.29, 0.717) is 10.0 Å². The minimum atomic E-state index is 0. The van der Waals surface area contributed by atoms with E-state index in [1.54, 1.807) is 18.6 Å². The Bertz CT molecular complexity index is 1010. The second kappa shape index (κ2) is 6.48. The van der Waals surface area contributed by atoms with E-state index in [1.807, 2.05) is 42.1 Å². The predicted molar refractivity (Wildman–Crippen MR) is 101 cm³/mol. The topological polar surface area (TPSA) is 46.5 Å². The monoisotopic (exact) mass is 378 g/mol. The molecule has 0 aliphatic carbocycles. The van der Waals surface area contributed by atoms with Gasteiger partial charge in [-0.3, -0.25) is 4.68 Å². The van der Waals surface area contributed by atoms with Crippen molar-refractivity contribution in [1.82, 2.24) is 19.7 Å². The van der Waals surface area contributed by atoms with Crippen LogP contribution in [0.15, 0.2) is 48.9 Å². The molecule has 0 aliphatic heterocycles. The van der Waals surface area contributed by atoms with Crippen molar-refractivity contribution in [2.24, 2.45) is 7.05 Å². The molecule has 0 fully saturated rings.